The highest BCUT2D eigenvalue weighted by Crippen LogP contribution is 2.32. The van der Waals surface area contributed by atoms with Gasteiger partial charge < -0.3 is 15.4 Å². The molecule has 1 saturated carbocycles. The van der Waals surface area contributed by atoms with Crippen LogP contribution in [0.25, 0.3) is 10.9 Å². The zero-order valence-electron chi connectivity index (χ0n) is 17.5. The van der Waals surface area contributed by atoms with Gasteiger partial charge in [0.25, 0.3) is 5.91 Å². The van der Waals surface area contributed by atoms with E-state index in [1.807, 2.05) is 0 Å². The predicted molar refractivity (Wildman–Crippen MR) is 108 cm³/mol. The molecule has 0 bridgehead atoms. The Hall–Kier alpha value is -3.05. The van der Waals surface area contributed by atoms with Crippen LogP contribution in [0.15, 0.2) is 41.6 Å². The molecule has 1 fully saturated rings. The van der Waals surface area contributed by atoms with Gasteiger partial charge in [-0.05, 0) is 36.8 Å². The maximum atomic E-state index is 13.3. The number of ether oxygens (including phenoxy) is 2. The Bertz CT molecular complexity index is 1110. The van der Waals surface area contributed by atoms with Gasteiger partial charge >= 0.3 is 6.36 Å². The molecule has 33 heavy (non-hydrogen) atoms. The second-order valence-corrected chi connectivity index (χ2v) is 8.06. The minimum atomic E-state index is -4.67. The molecule has 0 spiro atoms. The first-order valence-corrected chi connectivity index (χ1v) is 10.3. The zero-order valence-corrected chi connectivity index (χ0v) is 17.5. The van der Waals surface area contributed by atoms with Crippen LogP contribution < -0.4 is 10.6 Å². The Morgan fingerprint density at radius 1 is 1.15 bits per heavy atom. The lowest BCUT2D eigenvalue weighted by Gasteiger charge is -2.35. The van der Waals surface area contributed by atoms with Crippen LogP contribution in [0.4, 0.5) is 17.6 Å². The van der Waals surface area contributed by atoms with Crippen molar-refractivity contribution < 1.29 is 36.6 Å². The summed E-state index contributed by atoms with van der Waals surface area (Å²) >= 11 is 0. The van der Waals surface area contributed by atoms with Gasteiger partial charge in [0.1, 0.15) is 18.1 Å². The minimum absolute atomic E-state index is 0.0837. The van der Waals surface area contributed by atoms with Crippen molar-refractivity contribution in [1.29, 1.82) is 0 Å². The van der Waals surface area contributed by atoms with E-state index in [1.54, 1.807) is 13.0 Å². The Morgan fingerprint density at radius 2 is 1.91 bits per heavy atom. The Labute approximate surface area is 186 Å². The van der Waals surface area contributed by atoms with Crippen LogP contribution in [0.5, 0.6) is 0 Å². The first-order chi connectivity index (χ1) is 15.6. The van der Waals surface area contributed by atoms with Crippen LogP contribution in [0, 0.1) is 5.82 Å². The van der Waals surface area contributed by atoms with Crippen molar-refractivity contribution in [2.45, 2.75) is 50.8 Å². The maximum absolute atomic E-state index is 13.3. The predicted octanol–water partition coefficient (Wildman–Crippen LogP) is 3.35. The normalized spacial score (nSPS) is 22.5. The molecule has 1 heterocycles. The second kappa shape index (κ2) is 9.06. The number of carbonyl (C=O) groups is 2. The summed E-state index contributed by atoms with van der Waals surface area (Å²) in [7, 11) is 0. The van der Waals surface area contributed by atoms with E-state index in [1.165, 1.54) is 24.3 Å². The van der Waals surface area contributed by atoms with Crippen molar-refractivity contribution in [2.75, 3.05) is 6.61 Å². The van der Waals surface area contributed by atoms with Crippen molar-refractivity contribution in [3.05, 3.63) is 53.1 Å². The highest BCUT2D eigenvalue weighted by Gasteiger charge is 2.40. The molecule has 1 unspecified atom stereocenters. The van der Waals surface area contributed by atoms with E-state index in [4.69, 9.17) is 4.74 Å². The molecule has 176 valence electrons. The van der Waals surface area contributed by atoms with E-state index in [0.717, 1.165) is 5.57 Å². The van der Waals surface area contributed by atoms with Crippen LogP contribution in [-0.2, 0) is 14.3 Å². The number of benzene rings is 1. The van der Waals surface area contributed by atoms with E-state index in [0.29, 0.717) is 23.0 Å². The topological polar surface area (TPSA) is 89.5 Å². The molecular formula is C22H21F4N3O4. The SMILES string of the molecule is CC1=C(NC(=O)CO[C@H]2C[C@@H](OC(F)(F)F)C2)CC1NC(=O)c1ccc2cc(F)ccc2n1. The molecule has 0 aliphatic heterocycles. The number of fused-ring (bicyclic) bond motifs is 1. The summed E-state index contributed by atoms with van der Waals surface area (Å²) in [6, 6.07) is 6.97. The van der Waals surface area contributed by atoms with Gasteiger partial charge in [-0.1, -0.05) is 6.07 Å². The Kier molecular flexibility index (Phi) is 6.35. The van der Waals surface area contributed by atoms with Crippen molar-refractivity contribution in [3.8, 4) is 0 Å². The summed E-state index contributed by atoms with van der Waals surface area (Å²) in [5.41, 5.74) is 2.13. The van der Waals surface area contributed by atoms with Gasteiger partial charge in [-0.2, -0.15) is 0 Å². The van der Waals surface area contributed by atoms with Crippen molar-refractivity contribution in [2.24, 2.45) is 0 Å². The molecule has 0 radical (unpaired) electrons. The average Bonchev–Trinajstić information content (AvgIpc) is 2.72. The fourth-order valence-corrected chi connectivity index (χ4v) is 3.70. The van der Waals surface area contributed by atoms with E-state index < -0.39 is 24.5 Å². The minimum Gasteiger partial charge on any atom is -0.368 e. The number of alkyl halides is 3. The standard InChI is InChI=1S/C22H21F4N3O4/c1-11-18(28-20(30)10-32-14-7-15(8-14)33-22(24,25)26)9-19(11)29-21(31)17-4-2-12-6-13(23)3-5-16(12)27-17/h2-6,14-15,19H,7-10H2,1H3,(H,28,30)(H,29,31)/t14-,15+,19?. The number of hydrogen-bond acceptors (Lipinski definition) is 5. The zero-order chi connectivity index (χ0) is 23.8. The van der Waals surface area contributed by atoms with Crippen molar-refractivity contribution in [3.63, 3.8) is 0 Å². The lowest BCUT2D eigenvalue weighted by Crippen LogP contribution is -2.46. The van der Waals surface area contributed by atoms with Crippen LogP contribution >= 0.6 is 0 Å². The summed E-state index contributed by atoms with van der Waals surface area (Å²) in [6.45, 7) is 1.49. The van der Waals surface area contributed by atoms with Gasteiger partial charge in [0, 0.05) is 30.3 Å². The van der Waals surface area contributed by atoms with Crippen molar-refractivity contribution >= 4 is 22.7 Å². The molecule has 2 aromatic rings. The molecular weight excluding hydrogens is 446 g/mol. The van der Waals surface area contributed by atoms with E-state index in [-0.39, 0.29) is 42.9 Å². The summed E-state index contributed by atoms with van der Waals surface area (Å²) in [6.07, 6.45) is -5.47. The molecule has 4 rings (SSSR count). The molecule has 11 heteroatoms. The monoisotopic (exact) mass is 467 g/mol. The van der Waals surface area contributed by atoms with Gasteiger partial charge in [0.05, 0.1) is 23.8 Å². The molecule has 1 aromatic carbocycles. The third-order valence-electron chi connectivity index (χ3n) is 5.69. The van der Waals surface area contributed by atoms with Gasteiger partial charge in [0.2, 0.25) is 5.91 Å². The quantitative estimate of drug-likeness (QED) is 0.610. The molecule has 2 aliphatic carbocycles. The lowest BCUT2D eigenvalue weighted by molar-refractivity contribution is -0.357. The summed E-state index contributed by atoms with van der Waals surface area (Å²) in [5.74, 6) is -1.19. The maximum Gasteiger partial charge on any atom is 0.522 e. The fraction of sp³-hybridized carbons (Fsp3) is 0.409. The number of pyridine rings is 1. The van der Waals surface area contributed by atoms with Crippen molar-refractivity contribution in [1.82, 2.24) is 15.6 Å². The van der Waals surface area contributed by atoms with E-state index in [9.17, 15) is 27.2 Å². The van der Waals surface area contributed by atoms with Crippen LogP contribution in [0.1, 0.15) is 36.7 Å². The van der Waals surface area contributed by atoms with Gasteiger partial charge in [-0.25, -0.2) is 9.37 Å². The summed E-state index contributed by atoms with van der Waals surface area (Å²) in [4.78, 5) is 28.8. The van der Waals surface area contributed by atoms with Gasteiger partial charge in [0.15, 0.2) is 0 Å². The number of rotatable bonds is 7. The third-order valence-corrected chi connectivity index (χ3v) is 5.69. The average molecular weight is 467 g/mol. The lowest BCUT2D eigenvalue weighted by atomic mass is 9.89. The number of nitrogens with one attached hydrogen (secondary N) is 2. The summed E-state index contributed by atoms with van der Waals surface area (Å²) in [5, 5.41) is 6.11. The number of nitrogens with zero attached hydrogens (tertiary/aromatic N) is 1. The molecule has 2 aliphatic rings. The Balaban J connectivity index is 1.22. The molecule has 1 atom stereocenters. The second-order valence-electron chi connectivity index (χ2n) is 8.06. The van der Waals surface area contributed by atoms with E-state index >= 15 is 0 Å². The number of amides is 2. The van der Waals surface area contributed by atoms with E-state index in [2.05, 4.69) is 20.4 Å². The number of carbonyl (C=O) groups excluding carboxylic acids is 2. The van der Waals surface area contributed by atoms with Gasteiger partial charge in [-0.3, -0.25) is 14.3 Å². The first kappa shape index (κ1) is 23.1. The Morgan fingerprint density at radius 3 is 2.61 bits per heavy atom. The van der Waals surface area contributed by atoms with Gasteiger partial charge in [-0.15, -0.1) is 13.2 Å². The highest BCUT2D eigenvalue weighted by molar-refractivity contribution is 5.95. The van der Waals surface area contributed by atoms with Crippen LogP contribution in [0.3, 0.4) is 0 Å². The molecule has 7 nitrogen and oxygen atoms in total. The number of aromatic nitrogens is 1. The summed E-state index contributed by atoms with van der Waals surface area (Å²) < 4.78 is 58.8. The molecule has 0 saturated heterocycles. The molecule has 1 aromatic heterocycles. The molecule has 2 amide bonds. The highest BCUT2D eigenvalue weighted by atomic mass is 19.4. The number of hydrogen-bond donors (Lipinski definition) is 2. The molecule has 2 N–H and O–H groups in total. The number of halogens is 4. The fourth-order valence-electron chi connectivity index (χ4n) is 3.70. The smallest absolute Gasteiger partial charge is 0.368 e. The van der Waals surface area contributed by atoms with Crippen LogP contribution in [0.2, 0.25) is 0 Å². The third kappa shape index (κ3) is 5.66. The first-order valence-electron chi connectivity index (χ1n) is 10.3. The van der Waals surface area contributed by atoms with Crippen LogP contribution in [-0.4, -0.2) is 48.0 Å². The largest absolute Gasteiger partial charge is 0.522 e.